The fourth-order valence-electron chi connectivity index (χ4n) is 1.98. The highest BCUT2D eigenvalue weighted by Crippen LogP contribution is 2.28. The van der Waals surface area contributed by atoms with Crippen LogP contribution < -0.4 is 0 Å². The van der Waals surface area contributed by atoms with Crippen LogP contribution in [0.3, 0.4) is 0 Å². The summed E-state index contributed by atoms with van der Waals surface area (Å²) in [7, 11) is 1.35. The van der Waals surface area contributed by atoms with Crippen molar-refractivity contribution < 1.29 is 14.3 Å². The van der Waals surface area contributed by atoms with E-state index in [-0.39, 0.29) is 18.2 Å². The lowest BCUT2D eigenvalue weighted by atomic mass is 9.99. The summed E-state index contributed by atoms with van der Waals surface area (Å²) >= 11 is 0. The SMILES string of the molecule is COC(=O)CCC(=O)CC1CCCC1. The molecule has 80 valence electrons. The van der Waals surface area contributed by atoms with Crippen LogP contribution in [0.15, 0.2) is 0 Å². The molecule has 0 amide bonds. The predicted molar refractivity (Wildman–Crippen MR) is 52.8 cm³/mol. The van der Waals surface area contributed by atoms with E-state index in [4.69, 9.17) is 0 Å². The lowest BCUT2D eigenvalue weighted by Gasteiger charge is -2.06. The normalized spacial score (nSPS) is 16.9. The van der Waals surface area contributed by atoms with Gasteiger partial charge in [-0.2, -0.15) is 0 Å². The van der Waals surface area contributed by atoms with Crippen LogP contribution >= 0.6 is 0 Å². The fraction of sp³-hybridized carbons (Fsp3) is 0.818. The minimum atomic E-state index is -0.287. The minimum Gasteiger partial charge on any atom is -0.469 e. The number of rotatable bonds is 5. The van der Waals surface area contributed by atoms with Crippen LogP contribution in [0.1, 0.15) is 44.9 Å². The molecule has 0 radical (unpaired) electrons. The van der Waals surface area contributed by atoms with Crippen molar-refractivity contribution in [3.8, 4) is 0 Å². The molecule has 0 aromatic heterocycles. The Balaban J connectivity index is 2.12. The first-order chi connectivity index (χ1) is 6.72. The van der Waals surface area contributed by atoms with Crippen LogP contribution in [0.25, 0.3) is 0 Å². The van der Waals surface area contributed by atoms with Gasteiger partial charge in [-0.05, 0) is 5.92 Å². The summed E-state index contributed by atoms with van der Waals surface area (Å²) in [6.07, 6.45) is 6.14. The van der Waals surface area contributed by atoms with Crippen LogP contribution in [0.2, 0.25) is 0 Å². The number of hydrogen-bond acceptors (Lipinski definition) is 3. The summed E-state index contributed by atoms with van der Waals surface area (Å²) in [4.78, 5) is 22.2. The van der Waals surface area contributed by atoms with Crippen molar-refractivity contribution >= 4 is 11.8 Å². The number of hydrogen-bond donors (Lipinski definition) is 0. The Morgan fingerprint density at radius 3 is 2.43 bits per heavy atom. The molecule has 0 saturated heterocycles. The molecule has 0 bridgehead atoms. The average molecular weight is 198 g/mol. The summed E-state index contributed by atoms with van der Waals surface area (Å²) in [6, 6.07) is 0. The van der Waals surface area contributed by atoms with Gasteiger partial charge in [0.2, 0.25) is 0 Å². The molecule has 0 aromatic rings. The summed E-state index contributed by atoms with van der Waals surface area (Å²) in [5.41, 5.74) is 0. The first kappa shape index (κ1) is 11.2. The van der Waals surface area contributed by atoms with Gasteiger partial charge in [0.25, 0.3) is 0 Å². The average Bonchev–Trinajstić information content (AvgIpc) is 2.66. The van der Waals surface area contributed by atoms with Crippen LogP contribution in [-0.2, 0) is 14.3 Å². The quantitative estimate of drug-likeness (QED) is 0.635. The minimum absolute atomic E-state index is 0.210. The van der Waals surface area contributed by atoms with E-state index in [9.17, 15) is 9.59 Å². The third kappa shape index (κ3) is 3.90. The van der Waals surface area contributed by atoms with E-state index in [2.05, 4.69) is 4.74 Å². The smallest absolute Gasteiger partial charge is 0.305 e. The zero-order valence-corrected chi connectivity index (χ0v) is 8.75. The molecule has 14 heavy (non-hydrogen) atoms. The van der Waals surface area contributed by atoms with Crippen molar-refractivity contribution in [1.82, 2.24) is 0 Å². The van der Waals surface area contributed by atoms with Crippen LogP contribution in [0, 0.1) is 5.92 Å². The van der Waals surface area contributed by atoms with Gasteiger partial charge >= 0.3 is 5.97 Å². The van der Waals surface area contributed by atoms with E-state index in [0.29, 0.717) is 18.8 Å². The summed E-state index contributed by atoms with van der Waals surface area (Å²) < 4.78 is 4.48. The lowest BCUT2D eigenvalue weighted by molar-refractivity contribution is -0.142. The predicted octanol–water partition coefficient (Wildman–Crippen LogP) is 2.09. The Labute approximate surface area is 84.8 Å². The van der Waals surface area contributed by atoms with Gasteiger partial charge < -0.3 is 4.74 Å². The number of carbonyl (C=O) groups excluding carboxylic acids is 2. The Morgan fingerprint density at radius 2 is 1.86 bits per heavy atom. The molecule has 0 aliphatic heterocycles. The van der Waals surface area contributed by atoms with E-state index in [1.807, 2.05) is 0 Å². The molecule has 0 aromatic carbocycles. The Kier molecular flexibility index (Phi) is 4.63. The largest absolute Gasteiger partial charge is 0.469 e. The van der Waals surface area contributed by atoms with E-state index in [1.165, 1.54) is 32.8 Å². The second kappa shape index (κ2) is 5.78. The maximum absolute atomic E-state index is 11.4. The fourth-order valence-corrected chi connectivity index (χ4v) is 1.98. The van der Waals surface area contributed by atoms with E-state index in [0.717, 1.165) is 0 Å². The third-order valence-electron chi connectivity index (χ3n) is 2.83. The molecule has 3 heteroatoms. The molecule has 3 nitrogen and oxygen atoms in total. The van der Waals surface area contributed by atoms with Gasteiger partial charge in [0.15, 0.2) is 0 Å². The molecule has 0 spiro atoms. The number of esters is 1. The first-order valence-electron chi connectivity index (χ1n) is 5.31. The topological polar surface area (TPSA) is 43.4 Å². The highest BCUT2D eigenvalue weighted by atomic mass is 16.5. The second-order valence-corrected chi connectivity index (χ2v) is 3.97. The van der Waals surface area contributed by atoms with Gasteiger partial charge in [0, 0.05) is 12.8 Å². The molecular weight excluding hydrogens is 180 g/mol. The molecule has 1 aliphatic carbocycles. The third-order valence-corrected chi connectivity index (χ3v) is 2.83. The van der Waals surface area contributed by atoms with Gasteiger partial charge in [-0.3, -0.25) is 9.59 Å². The zero-order valence-electron chi connectivity index (χ0n) is 8.75. The molecule has 1 fully saturated rings. The van der Waals surface area contributed by atoms with Crippen molar-refractivity contribution in [3.05, 3.63) is 0 Å². The Bertz CT molecular complexity index is 205. The number of Topliss-reactive ketones (excluding diaryl/α,β-unsaturated/α-hetero) is 1. The van der Waals surface area contributed by atoms with Crippen molar-refractivity contribution in [1.29, 1.82) is 0 Å². The standard InChI is InChI=1S/C11H18O3/c1-14-11(13)7-6-10(12)8-9-4-2-3-5-9/h9H,2-8H2,1H3. The van der Waals surface area contributed by atoms with Gasteiger partial charge in [0.05, 0.1) is 13.5 Å². The summed E-state index contributed by atoms with van der Waals surface area (Å²) in [5, 5.41) is 0. The van der Waals surface area contributed by atoms with Crippen LogP contribution in [0.4, 0.5) is 0 Å². The van der Waals surface area contributed by atoms with Crippen molar-refractivity contribution in [2.75, 3.05) is 7.11 Å². The summed E-state index contributed by atoms with van der Waals surface area (Å²) in [5.74, 6) is 0.507. The highest BCUT2D eigenvalue weighted by molar-refractivity contribution is 5.83. The van der Waals surface area contributed by atoms with Crippen LogP contribution in [0.5, 0.6) is 0 Å². The van der Waals surface area contributed by atoms with Gasteiger partial charge in [-0.15, -0.1) is 0 Å². The van der Waals surface area contributed by atoms with Crippen LogP contribution in [-0.4, -0.2) is 18.9 Å². The van der Waals surface area contributed by atoms with Gasteiger partial charge in [-0.1, -0.05) is 25.7 Å². The van der Waals surface area contributed by atoms with E-state index < -0.39 is 0 Å². The molecule has 1 saturated carbocycles. The van der Waals surface area contributed by atoms with Gasteiger partial charge in [0.1, 0.15) is 5.78 Å². The molecule has 0 heterocycles. The number of carbonyl (C=O) groups is 2. The van der Waals surface area contributed by atoms with Crippen molar-refractivity contribution in [3.63, 3.8) is 0 Å². The first-order valence-corrected chi connectivity index (χ1v) is 5.31. The summed E-state index contributed by atoms with van der Waals surface area (Å²) in [6.45, 7) is 0. The Hall–Kier alpha value is -0.860. The van der Waals surface area contributed by atoms with E-state index >= 15 is 0 Å². The maximum atomic E-state index is 11.4. The number of methoxy groups -OCH3 is 1. The van der Waals surface area contributed by atoms with Crippen molar-refractivity contribution in [2.24, 2.45) is 5.92 Å². The monoisotopic (exact) mass is 198 g/mol. The highest BCUT2D eigenvalue weighted by Gasteiger charge is 2.18. The Morgan fingerprint density at radius 1 is 1.21 bits per heavy atom. The molecular formula is C11H18O3. The molecule has 1 rings (SSSR count). The second-order valence-electron chi connectivity index (χ2n) is 3.97. The number of ketones is 1. The molecule has 0 N–H and O–H groups in total. The molecule has 1 aliphatic rings. The zero-order chi connectivity index (χ0) is 10.4. The lowest BCUT2D eigenvalue weighted by Crippen LogP contribution is -2.08. The number of ether oxygens (including phenoxy) is 1. The van der Waals surface area contributed by atoms with Gasteiger partial charge in [-0.25, -0.2) is 0 Å². The maximum Gasteiger partial charge on any atom is 0.305 e. The van der Waals surface area contributed by atoms with E-state index in [1.54, 1.807) is 0 Å². The van der Waals surface area contributed by atoms with Crippen molar-refractivity contribution in [2.45, 2.75) is 44.9 Å². The molecule has 0 atom stereocenters. The molecule has 0 unspecified atom stereocenters.